The predicted molar refractivity (Wildman–Crippen MR) is 91.0 cm³/mol. The fourth-order valence-corrected chi connectivity index (χ4v) is 3.52. The van der Waals surface area contributed by atoms with Gasteiger partial charge in [-0.2, -0.15) is 10.6 Å². The van der Waals surface area contributed by atoms with Crippen LogP contribution in [-0.2, 0) is 4.74 Å². The quantitative estimate of drug-likeness (QED) is 0.758. The van der Waals surface area contributed by atoms with Crippen LogP contribution >= 0.6 is 10.6 Å². The zero-order chi connectivity index (χ0) is 17.9. The van der Waals surface area contributed by atoms with Crippen LogP contribution in [0.4, 0.5) is 25.0 Å². The molecule has 1 aliphatic heterocycles. The van der Waals surface area contributed by atoms with Crippen molar-refractivity contribution in [2.75, 3.05) is 41.4 Å². The monoisotopic (exact) mass is 364 g/mol. The van der Waals surface area contributed by atoms with Gasteiger partial charge in [0.05, 0.1) is 18.1 Å². The number of carbonyl (C=O) groups excluding carboxylic acids is 1. The third kappa shape index (κ3) is 4.96. The van der Waals surface area contributed by atoms with Crippen molar-refractivity contribution in [1.29, 1.82) is 0 Å². The van der Waals surface area contributed by atoms with E-state index in [1.165, 1.54) is 4.90 Å². The van der Waals surface area contributed by atoms with Crippen LogP contribution in [0.25, 0.3) is 0 Å². The number of nitrogens with one attached hydrogen (secondary N) is 1. The van der Waals surface area contributed by atoms with Crippen LogP contribution in [0.2, 0.25) is 0 Å². The third-order valence-corrected chi connectivity index (χ3v) is 5.18. The average Bonchev–Trinajstić information content (AvgIpc) is 2.46. The number of benzene rings is 1. The van der Waals surface area contributed by atoms with Crippen LogP contribution in [0, 0.1) is 17.6 Å². The number of nitrogens with zero attached hydrogens (tertiary/aromatic N) is 1. The van der Waals surface area contributed by atoms with E-state index in [4.69, 9.17) is 4.74 Å². The van der Waals surface area contributed by atoms with Crippen LogP contribution in [0.15, 0.2) is 12.1 Å². The Balaban J connectivity index is 2.07. The molecule has 1 aromatic carbocycles. The Hall–Kier alpha value is -1.58. The van der Waals surface area contributed by atoms with Gasteiger partial charge in [0.1, 0.15) is 5.69 Å². The van der Waals surface area contributed by atoms with E-state index < -0.39 is 28.3 Å². The van der Waals surface area contributed by atoms with E-state index in [2.05, 4.69) is 5.32 Å². The molecule has 0 bridgehead atoms. The largest absolute Gasteiger partial charge is 0.449 e. The minimum Gasteiger partial charge on any atom is -0.449 e. The molecule has 0 spiro atoms. The summed E-state index contributed by atoms with van der Waals surface area (Å²) in [5.41, 5.74) is -0.269. The normalized spacial score (nSPS) is 18.4. The van der Waals surface area contributed by atoms with Crippen molar-refractivity contribution in [3.63, 3.8) is 0 Å². The van der Waals surface area contributed by atoms with Crippen molar-refractivity contribution < 1.29 is 27.4 Å². The van der Waals surface area contributed by atoms with E-state index in [-0.39, 0.29) is 48.5 Å². The second-order valence-electron chi connectivity index (χ2n) is 6.10. The molecular formula is C15H22F2N2O4S. The first kappa shape index (κ1) is 18.8. The van der Waals surface area contributed by atoms with Crippen molar-refractivity contribution in [1.82, 2.24) is 0 Å². The molecule has 0 saturated carbocycles. The molecule has 0 atom stereocenters. The minimum atomic E-state index is -2.65. The summed E-state index contributed by atoms with van der Waals surface area (Å²) >= 11 is 0. The first-order valence-corrected chi connectivity index (χ1v) is 9.48. The molecule has 2 rings (SSSR count). The van der Waals surface area contributed by atoms with Gasteiger partial charge in [0.25, 0.3) is 0 Å². The second kappa shape index (κ2) is 7.54. The molecular weight excluding hydrogens is 342 g/mol. The lowest BCUT2D eigenvalue weighted by Gasteiger charge is -2.42. The van der Waals surface area contributed by atoms with E-state index in [1.807, 2.05) is 13.8 Å². The number of hydrogen-bond acceptors (Lipinski definition) is 5. The van der Waals surface area contributed by atoms with E-state index in [9.17, 15) is 22.7 Å². The number of anilines is 2. The summed E-state index contributed by atoms with van der Waals surface area (Å²) in [5.74, 6) is -1.35. The first-order chi connectivity index (χ1) is 11.2. The number of rotatable bonds is 4. The van der Waals surface area contributed by atoms with Crippen molar-refractivity contribution in [2.24, 2.45) is 5.92 Å². The van der Waals surface area contributed by atoms with Gasteiger partial charge in [-0.1, -0.05) is 13.8 Å². The highest BCUT2D eigenvalue weighted by Crippen LogP contribution is 2.42. The van der Waals surface area contributed by atoms with Gasteiger partial charge in [0.2, 0.25) is 0 Å². The predicted octanol–water partition coefficient (Wildman–Crippen LogP) is 3.74. The smallest absolute Gasteiger partial charge is 0.411 e. The second-order valence-corrected chi connectivity index (χ2v) is 8.52. The van der Waals surface area contributed by atoms with Crippen molar-refractivity contribution in [3.8, 4) is 0 Å². The molecule has 9 heteroatoms. The van der Waals surface area contributed by atoms with Crippen LogP contribution < -0.4 is 10.2 Å². The summed E-state index contributed by atoms with van der Waals surface area (Å²) in [7, 11) is -2.65. The van der Waals surface area contributed by atoms with Gasteiger partial charge in [-0.25, -0.2) is 13.6 Å². The Morgan fingerprint density at radius 3 is 2.33 bits per heavy atom. The zero-order valence-electron chi connectivity index (χ0n) is 13.6. The minimum absolute atomic E-state index is 0.0381. The summed E-state index contributed by atoms with van der Waals surface area (Å²) in [6.45, 7) is 4.25. The lowest BCUT2D eigenvalue weighted by molar-refractivity contribution is 0.147. The molecule has 3 N–H and O–H groups in total. The maximum Gasteiger partial charge on any atom is 0.411 e. The molecule has 0 aliphatic carbocycles. The van der Waals surface area contributed by atoms with Crippen LogP contribution in [-0.4, -0.2) is 46.4 Å². The Labute approximate surface area is 141 Å². The molecule has 1 saturated heterocycles. The van der Waals surface area contributed by atoms with Gasteiger partial charge in [0, 0.05) is 18.8 Å². The topological polar surface area (TPSA) is 82.0 Å². The molecule has 136 valence electrons. The lowest BCUT2D eigenvalue weighted by Crippen LogP contribution is -2.39. The fraction of sp³-hybridized carbons (Fsp3) is 0.533. The van der Waals surface area contributed by atoms with E-state index in [1.54, 1.807) is 0 Å². The Morgan fingerprint density at radius 1 is 1.29 bits per heavy atom. The number of amides is 1. The molecule has 1 aromatic rings. The highest BCUT2D eigenvalue weighted by molar-refractivity contribution is 8.24. The Kier molecular flexibility index (Phi) is 5.89. The molecule has 0 radical (unpaired) electrons. The first-order valence-electron chi connectivity index (χ1n) is 7.59. The van der Waals surface area contributed by atoms with Gasteiger partial charge in [-0.05, 0) is 18.1 Å². The highest BCUT2D eigenvalue weighted by Gasteiger charge is 2.26. The number of ether oxygens (including phenoxy) is 1. The van der Waals surface area contributed by atoms with Gasteiger partial charge in [0.15, 0.2) is 11.6 Å². The molecule has 0 aromatic heterocycles. The third-order valence-electron chi connectivity index (χ3n) is 3.50. The average molecular weight is 364 g/mol. The zero-order valence-corrected chi connectivity index (χ0v) is 14.4. The van der Waals surface area contributed by atoms with Crippen LogP contribution in [0.3, 0.4) is 0 Å². The molecule has 24 heavy (non-hydrogen) atoms. The SMILES string of the molecule is CC(C)COC(=O)Nc1cc(F)c(N2CCS(O)(O)CC2)c(F)c1. The van der Waals surface area contributed by atoms with Crippen LogP contribution in [0.5, 0.6) is 0 Å². The van der Waals surface area contributed by atoms with E-state index in [0.717, 1.165) is 12.1 Å². The molecule has 6 nitrogen and oxygen atoms in total. The van der Waals surface area contributed by atoms with Gasteiger partial charge in [-0.3, -0.25) is 14.4 Å². The molecule has 1 amide bonds. The standard InChI is InChI=1S/C15H22F2N2O4S/c1-10(2)9-23-15(20)18-11-7-12(16)14(13(17)8-11)19-3-5-24(21,22)6-4-19/h7-8,10,21-22H,3-6,9H2,1-2H3,(H,18,20). The summed E-state index contributed by atoms with van der Waals surface area (Å²) in [6.07, 6.45) is -0.776. The number of carbonyl (C=O) groups is 1. The van der Waals surface area contributed by atoms with Crippen molar-refractivity contribution in [2.45, 2.75) is 13.8 Å². The van der Waals surface area contributed by atoms with Gasteiger partial charge in [-0.15, -0.1) is 0 Å². The molecule has 1 fully saturated rings. The summed E-state index contributed by atoms with van der Waals surface area (Å²) in [6, 6.07) is 2.03. The summed E-state index contributed by atoms with van der Waals surface area (Å²) in [5, 5.41) is 2.29. The van der Waals surface area contributed by atoms with Crippen molar-refractivity contribution in [3.05, 3.63) is 23.8 Å². The molecule has 1 aliphatic rings. The highest BCUT2D eigenvalue weighted by atomic mass is 32.3. The van der Waals surface area contributed by atoms with Gasteiger partial charge < -0.3 is 9.64 Å². The Morgan fingerprint density at radius 2 is 1.83 bits per heavy atom. The van der Waals surface area contributed by atoms with E-state index in [0.29, 0.717) is 0 Å². The maximum atomic E-state index is 14.3. The van der Waals surface area contributed by atoms with Crippen molar-refractivity contribution >= 4 is 28.1 Å². The number of hydrogen-bond donors (Lipinski definition) is 3. The maximum absolute atomic E-state index is 14.3. The number of halogens is 2. The van der Waals surface area contributed by atoms with Gasteiger partial charge >= 0.3 is 6.09 Å². The lowest BCUT2D eigenvalue weighted by atomic mass is 10.2. The Bertz CT molecular complexity index is 580. The summed E-state index contributed by atoms with van der Waals surface area (Å²) < 4.78 is 52.6. The fourth-order valence-electron chi connectivity index (χ4n) is 2.29. The van der Waals surface area contributed by atoms with E-state index >= 15 is 0 Å². The molecule has 0 unspecified atom stereocenters. The van der Waals surface area contributed by atoms with Crippen LogP contribution in [0.1, 0.15) is 13.8 Å². The summed E-state index contributed by atoms with van der Waals surface area (Å²) in [4.78, 5) is 13.0. The molecule has 1 heterocycles.